The van der Waals surface area contributed by atoms with Gasteiger partial charge in [-0.15, -0.1) is 0 Å². The number of halogens is 2. The summed E-state index contributed by atoms with van der Waals surface area (Å²) in [5.41, 5.74) is 6.52. The van der Waals surface area contributed by atoms with Crippen LogP contribution in [0.25, 0.3) is 0 Å². The molecule has 7 heteroatoms. The molecule has 2 rings (SSSR count). The molecule has 0 bridgehead atoms. The zero-order valence-electron chi connectivity index (χ0n) is 11.2. The first-order valence-corrected chi connectivity index (χ1v) is 8.06. The monoisotopic (exact) mass is 328 g/mol. The minimum Gasteiger partial charge on any atom is -0.396 e. The van der Waals surface area contributed by atoms with Crippen molar-refractivity contribution in [3.63, 3.8) is 0 Å². The fourth-order valence-electron chi connectivity index (χ4n) is 1.82. The van der Waals surface area contributed by atoms with Crippen molar-refractivity contribution in [2.75, 3.05) is 10.5 Å². The third kappa shape index (κ3) is 3.46. The van der Waals surface area contributed by atoms with Crippen LogP contribution < -0.4 is 10.5 Å². The molecule has 0 spiro atoms. The van der Waals surface area contributed by atoms with Crippen LogP contribution in [-0.4, -0.2) is 8.42 Å². The molecule has 0 aliphatic carbocycles. The molecule has 0 saturated carbocycles. The van der Waals surface area contributed by atoms with E-state index in [1.54, 1.807) is 18.2 Å². The van der Waals surface area contributed by atoms with E-state index in [0.717, 1.165) is 24.1 Å². The molecule has 0 fully saturated rings. The zero-order valence-corrected chi connectivity index (χ0v) is 12.8. The van der Waals surface area contributed by atoms with Crippen LogP contribution in [0.4, 0.5) is 15.8 Å². The molecule has 0 aliphatic rings. The normalized spacial score (nSPS) is 11.4. The summed E-state index contributed by atoms with van der Waals surface area (Å²) in [6.07, 6.45) is 0.778. The molecule has 0 aromatic heterocycles. The summed E-state index contributed by atoms with van der Waals surface area (Å²) in [6.45, 7) is 1.96. The van der Waals surface area contributed by atoms with Gasteiger partial charge >= 0.3 is 0 Å². The largest absolute Gasteiger partial charge is 0.396 e. The Morgan fingerprint density at radius 3 is 2.67 bits per heavy atom. The Morgan fingerprint density at radius 1 is 1.29 bits per heavy atom. The van der Waals surface area contributed by atoms with Crippen molar-refractivity contribution in [2.45, 2.75) is 18.2 Å². The van der Waals surface area contributed by atoms with Gasteiger partial charge in [-0.1, -0.05) is 30.7 Å². The van der Waals surface area contributed by atoms with Gasteiger partial charge in [0.05, 0.1) is 10.7 Å². The molecule has 0 saturated heterocycles. The van der Waals surface area contributed by atoms with E-state index in [9.17, 15) is 12.8 Å². The number of hydrogen-bond acceptors (Lipinski definition) is 3. The molecule has 0 radical (unpaired) electrons. The van der Waals surface area contributed by atoms with Crippen LogP contribution in [0.1, 0.15) is 12.5 Å². The Morgan fingerprint density at radius 2 is 2.00 bits per heavy atom. The van der Waals surface area contributed by atoms with Gasteiger partial charge in [0, 0.05) is 5.69 Å². The lowest BCUT2D eigenvalue weighted by Gasteiger charge is -2.11. The molecule has 0 atom stereocenters. The van der Waals surface area contributed by atoms with Crippen molar-refractivity contribution >= 4 is 33.0 Å². The first-order chi connectivity index (χ1) is 9.83. The number of hydrogen-bond donors (Lipinski definition) is 2. The summed E-state index contributed by atoms with van der Waals surface area (Å²) < 4.78 is 40.3. The third-order valence-corrected chi connectivity index (χ3v) is 4.77. The van der Waals surface area contributed by atoms with Gasteiger partial charge in [-0.25, -0.2) is 12.8 Å². The van der Waals surface area contributed by atoms with E-state index in [4.69, 9.17) is 17.3 Å². The van der Waals surface area contributed by atoms with Crippen molar-refractivity contribution in [2.24, 2.45) is 0 Å². The Bertz CT molecular complexity index is 779. The smallest absolute Gasteiger partial charge is 0.263 e. The average Bonchev–Trinajstić information content (AvgIpc) is 2.42. The summed E-state index contributed by atoms with van der Waals surface area (Å²) >= 11 is 5.80. The lowest BCUT2D eigenvalue weighted by Crippen LogP contribution is -2.14. The summed E-state index contributed by atoms with van der Waals surface area (Å²) in [5.74, 6) is -0.757. The first kappa shape index (κ1) is 15.6. The summed E-state index contributed by atoms with van der Waals surface area (Å²) in [4.78, 5) is -0.259. The van der Waals surface area contributed by atoms with E-state index >= 15 is 0 Å². The second-order valence-electron chi connectivity index (χ2n) is 4.46. The highest BCUT2D eigenvalue weighted by Gasteiger charge is 2.20. The second kappa shape index (κ2) is 5.91. The molecular weight excluding hydrogens is 315 g/mol. The predicted octanol–water partition coefficient (Wildman–Crippen LogP) is 3.42. The highest BCUT2D eigenvalue weighted by Crippen LogP contribution is 2.28. The summed E-state index contributed by atoms with van der Waals surface area (Å²) in [7, 11) is -3.94. The number of aryl methyl sites for hydroxylation is 1. The van der Waals surface area contributed by atoms with Crippen LogP contribution in [0, 0.1) is 5.82 Å². The Balaban J connectivity index is 2.40. The van der Waals surface area contributed by atoms with Gasteiger partial charge in [0.15, 0.2) is 0 Å². The van der Waals surface area contributed by atoms with Gasteiger partial charge in [-0.2, -0.15) is 0 Å². The highest BCUT2D eigenvalue weighted by molar-refractivity contribution is 7.92. The van der Waals surface area contributed by atoms with Crippen LogP contribution >= 0.6 is 11.6 Å². The van der Waals surface area contributed by atoms with Crippen LogP contribution in [0.3, 0.4) is 0 Å². The number of nitrogen functional groups attached to an aromatic ring is 1. The summed E-state index contributed by atoms with van der Waals surface area (Å²) in [6, 6.07) is 8.87. The van der Waals surface area contributed by atoms with E-state index in [1.165, 1.54) is 0 Å². The molecule has 0 heterocycles. The van der Waals surface area contributed by atoms with Gasteiger partial charge < -0.3 is 5.73 Å². The van der Waals surface area contributed by atoms with E-state index in [2.05, 4.69) is 4.72 Å². The van der Waals surface area contributed by atoms with Crippen molar-refractivity contribution in [3.05, 3.63) is 52.8 Å². The van der Waals surface area contributed by atoms with Gasteiger partial charge in [0.25, 0.3) is 10.0 Å². The first-order valence-electron chi connectivity index (χ1n) is 6.19. The van der Waals surface area contributed by atoms with Gasteiger partial charge in [0.2, 0.25) is 0 Å². The highest BCUT2D eigenvalue weighted by atomic mass is 35.5. The third-order valence-electron chi connectivity index (χ3n) is 2.93. The molecular formula is C14H14ClFN2O2S. The number of rotatable bonds is 4. The van der Waals surface area contributed by atoms with Crippen molar-refractivity contribution in [1.82, 2.24) is 0 Å². The SMILES string of the molecule is CCc1cccc(NS(=O)(=O)c2cc(N)c(F)cc2Cl)c1. The van der Waals surface area contributed by atoms with E-state index < -0.39 is 15.8 Å². The minimum atomic E-state index is -3.94. The van der Waals surface area contributed by atoms with Crippen LogP contribution in [0.15, 0.2) is 41.3 Å². The van der Waals surface area contributed by atoms with Crippen LogP contribution in [-0.2, 0) is 16.4 Å². The number of nitrogens with two attached hydrogens (primary N) is 1. The van der Waals surface area contributed by atoms with Crippen molar-refractivity contribution in [1.29, 1.82) is 0 Å². The lowest BCUT2D eigenvalue weighted by atomic mass is 10.1. The van der Waals surface area contributed by atoms with Gasteiger partial charge in [-0.05, 0) is 36.2 Å². The maximum absolute atomic E-state index is 13.2. The predicted molar refractivity (Wildman–Crippen MR) is 82.5 cm³/mol. The molecule has 0 unspecified atom stereocenters. The fourth-order valence-corrected chi connectivity index (χ4v) is 3.42. The fraction of sp³-hybridized carbons (Fsp3) is 0.143. The average molecular weight is 329 g/mol. The molecule has 0 amide bonds. The lowest BCUT2D eigenvalue weighted by molar-refractivity contribution is 0.600. The Kier molecular flexibility index (Phi) is 4.39. The Labute approximate surface area is 127 Å². The number of benzene rings is 2. The van der Waals surface area contributed by atoms with Crippen molar-refractivity contribution in [3.8, 4) is 0 Å². The number of nitrogens with one attached hydrogen (secondary N) is 1. The summed E-state index contributed by atoms with van der Waals surface area (Å²) in [5, 5.41) is -0.221. The molecule has 4 nitrogen and oxygen atoms in total. The quantitative estimate of drug-likeness (QED) is 0.845. The Hall–Kier alpha value is -1.79. The standard InChI is InChI=1S/C14H14ClFN2O2S/c1-2-9-4-3-5-10(6-9)18-21(19,20)14-8-13(17)12(16)7-11(14)15/h3-8,18H,2,17H2,1H3. The number of sulfonamides is 1. The maximum Gasteiger partial charge on any atom is 0.263 e. The second-order valence-corrected chi connectivity index (χ2v) is 6.52. The topological polar surface area (TPSA) is 72.2 Å². The maximum atomic E-state index is 13.2. The van der Waals surface area contributed by atoms with Crippen molar-refractivity contribution < 1.29 is 12.8 Å². The van der Waals surface area contributed by atoms with Crippen LogP contribution in [0.2, 0.25) is 5.02 Å². The molecule has 2 aromatic carbocycles. The van der Waals surface area contributed by atoms with E-state index in [1.807, 2.05) is 13.0 Å². The number of anilines is 2. The van der Waals surface area contributed by atoms with Gasteiger partial charge in [0.1, 0.15) is 10.7 Å². The van der Waals surface area contributed by atoms with E-state index in [-0.39, 0.29) is 15.6 Å². The zero-order chi connectivity index (χ0) is 15.6. The van der Waals surface area contributed by atoms with E-state index in [0.29, 0.717) is 5.69 Å². The molecule has 0 aliphatic heterocycles. The molecule has 2 aromatic rings. The molecule has 21 heavy (non-hydrogen) atoms. The molecule has 3 N–H and O–H groups in total. The van der Waals surface area contributed by atoms with Gasteiger partial charge in [-0.3, -0.25) is 4.72 Å². The minimum absolute atomic E-state index is 0.221. The van der Waals surface area contributed by atoms with Crippen LogP contribution in [0.5, 0.6) is 0 Å². The molecule has 112 valence electrons.